The van der Waals surface area contributed by atoms with Crippen LogP contribution in [0.3, 0.4) is 0 Å². The van der Waals surface area contributed by atoms with Crippen LogP contribution in [0.15, 0.2) is 79.0 Å². The molecule has 1 aromatic heterocycles. The second-order valence-corrected chi connectivity index (χ2v) is 8.79. The number of hydrogen-bond acceptors (Lipinski definition) is 4. The van der Waals surface area contributed by atoms with Crippen LogP contribution >= 0.6 is 0 Å². The van der Waals surface area contributed by atoms with E-state index in [0.717, 1.165) is 40.8 Å². The summed E-state index contributed by atoms with van der Waals surface area (Å²) < 4.78 is 7.34. The number of aliphatic carboxylic acids is 1. The maximum atomic E-state index is 13.1. The molecule has 0 aliphatic heterocycles. The van der Waals surface area contributed by atoms with Crippen LogP contribution in [0, 0.1) is 0 Å². The summed E-state index contributed by atoms with van der Waals surface area (Å²) in [5, 5.41) is 9.06. The first-order chi connectivity index (χ1) is 17.3. The Hall–Kier alpha value is -4.39. The van der Waals surface area contributed by atoms with E-state index < -0.39 is 24.3 Å². The average Bonchev–Trinajstić information content (AvgIpc) is 3.70. The SMILES string of the molecule is Cn1cccc(OCC(=O)O)cc(C(=O)C(N)=O)c(C2CC2)c1Cc1ccccc1-c1ccccc1. The van der Waals surface area contributed by atoms with Gasteiger partial charge >= 0.3 is 5.97 Å². The molecule has 3 aromatic rings. The zero-order valence-electron chi connectivity index (χ0n) is 20.0. The zero-order chi connectivity index (χ0) is 25.7. The summed E-state index contributed by atoms with van der Waals surface area (Å²) in [6.45, 7) is -0.580. The van der Waals surface area contributed by atoms with Crippen LogP contribution in [0.4, 0.5) is 0 Å². The van der Waals surface area contributed by atoms with Crippen molar-refractivity contribution in [2.24, 2.45) is 12.8 Å². The van der Waals surface area contributed by atoms with Crippen molar-refractivity contribution in [3.8, 4) is 16.9 Å². The molecular weight excluding hydrogens is 456 g/mol. The van der Waals surface area contributed by atoms with Gasteiger partial charge in [0.1, 0.15) is 5.75 Å². The molecule has 1 aliphatic rings. The first-order valence-corrected chi connectivity index (χ1v) is 11.7. The van der Waals surface area contributed by atoms with E-state index in [1.165, 1.54) is 6.07 Å². The zero-order valence-corrected chi connectivity index (χ0v) is 20.0. The van der Waals surface area contributed by atoms with Crippen molar-refractivity contribution in [1.29, 1.82) is 0 Å². The first kappa shape index (κ1) is 24.7. The molecule has 1 fully saturated rings. The molecule has 184 valence electrons. The van der Waals surface area contributed by atoms with Crippen molar-refractivity contribution >= 4 is 17.7 Å². The number of carboxylic acid groups (broad SMARTS) is 1. The van der Waals surface area contributed by atoms with E-state index in [1.807, 2.05) is 48.1 Å². The number of carbonyl (C=O) groups is 3. The van der Waals surface area contributed by atoms with Crippen molar-refractivity contribution in [1.82, 2.24) is 4.57 Å². The third-order valence-electron chi connectivity index (χ3n) is 6.16. The Balaban J connectivity index is 1.95. The lowest BCUT2D eigenvalue weighted by Gasteiger charge is -2.17. The minimum absolute atomic E-state index is 0.0770. The number of aromatic nitrogens is 1. The number of hydrogen-bond donors (Lipinski definition) is 2. The van der Waals surface area contributed by atoms with Gasteiger partial charge in [0, 0.05) is 30.9 Å². The topological polar surface area (TPSA) is 112 Å². The van der Waals surface area contributed by atoms with E-state index >= 15 is 0 Å². The highest BCUT2D eigenvalue weighted by atomic mass is 16.5. The minimum atomic E-state index is -1.15. The summed E-state index contributed by atoms with van der Waals surface area (Å²) in [5.74, 6) is -2.81. The minimum Gasteiger partial charge on any atom is -0.482 e. The molecule has 1 aliphatic carbocycles. The lowest BCUT2D eigenvalue weighted by atomic mass is 9.92. The van der Waals surface area contributed by atoms with Gasteiger partial charge in [-0.05, 0) is 59.2 Å². The highest BCUT2D eigenvalue weighted by Gasteiger charge is 2.32. The van der Waals surface area contributed by atoms with Gasteiger partial charge in [-0.25, -0.2) is 4.79 Å². The average molecular weight is 485 g/mol. The molecule has 0 bridgehead atoms. The number of nitrogens with zero attached hydrogens (tertiary/aromatic N) is 1. The molecule has 0 saturated heterocycles. The molecule has 3 N–H and O–H groups in total. The van der Waals surface area contributed by atoms with Crippen LogP contribution in [0.2, 0.25) is 0 Å². The Morgan fingerprint density at radius 2 is 1.69 bits per heavy atom. The number of ketones is 1. The van der Waals surface area contributed by atoms with Gasteiger partial charge in [0.25, 0.3) is 5.91 Å². The molecule has 1 saturated carbocycles. The van der Waals surface area contributed by atoms with E-state index in [2.05, 4.69) is 24.3 Å². The van der Waals surface area contributed by atoms with Crippen LogP contribution in [0.1, 0.15) is 45.9 Å². The summed E-state index contributed by atoms with van der Waals surface area (Å²) in [7, 11) is 1.89. The highest BCUT2D eigenvalue weighted by molar-refractivity contribution is 6.42. The van der Waals surface area contributed by atoms with Gasteiger partial charge < -0.3 is 20.1 Å². The van der Waals surface area contributed by atoms with Gasteiger partial charge in [0.05, 0.1) is 0 Å². The standard InChI is InChI=1S/C29H28N2O5/c1-31-15-7-11-22(36-18-26(32)33)17-24(28(34)29(30)35)27(20-13-14-20)25(31)16-21-10-5-6-12-23(21)19-8-3-2-4-9-19/h2-12,15,17,20H,13-14,16,18H2,1H3,(H2,30,35)(H,32,33). The monoisotopic (exact) mass is 484 g/mol. The molecule has 1 heterocycles. The molecule has 0 radical (unpaired) electrons. The fraction of sp³-hybridized carbons (Fsp3) is 0.207. The van der Waals surface area contributed by atoms with E-state index in [0.29, 0.717) is 6.42 Å². The second-order valence-electron chi connectivity index (χ2n) is 8.79. The lowest BCUT2D eigenvalue weighted by molar-refractivity contribution is -0.139. The van der Waals surface area contributed by atoms with Crippen molar-refractivity contribution in [2.45, 2.75) is 25.2 Å². The number of carbonyl (C=O) groups excluding carboxylic acids is 2. The Kier molecular flexibility index (Phi) is 7.49. The Morgan fingerprint density at radius 3 is 2.36 bits per heavy atom. The predicted octanol–water partition coefficient (Wildman–Crippen LogP) is 4.42. The second kappa shape index (κ2) is 10.9. The summed E-state index contributed by atoms with van der Waals surface area (Å²) in [4.78, 5) is 36.2. The molecule has 4 rings (SSSR count). The van der Waals surface area contributed by atoms with E-state index in [1.54, 1.807) is 12.1 Å². The molecular formula is C29H28N2O5. The van der Waals surface area contributed by atoms with Crippen LogP contribution in [-0.2, 0) is 23.1 Å². The van der Waals surface area contributed by atoms with Gasteiger partial charge in [-0.1, -0.05) is 54.6 Å². The number of amides is 1. The van der Waals surface area contributed by atoms with Crippen LogP contribution in [-0.4, -0.2) is 33.9 Å². The number of Topliss-reactive ketones (excluding diaryl/α,β-unsaturated/α-hetero) is 1. The van der Waals surface area contributed by atoms with Crippen molar-refractivity contribution in [2.75, 3.05) is 6.61 Å². The molecule has 0 atom stereocenters. The summed E-state index contributed by atoms with van der Waals surface area (Å²) in [5.41, 5.74) is 10.4. The maximum absolute atomic E-state index is 13.1. The number of primary amides is 1. The van der Waals surface area contributed by atoms with E-state index in [-0.39, 0.29) is 17.2 Å². The fourth-order valence-electron chi connectivity index (χ4n) is 4.33. The van der Waals surface area contributed by atoms with Gasteiger partial charge in [0.2, 0.25) is 5.78 Å². The molecule has 0 unspecified atom stereocenters. The third kappa shape index (κ3) is 5.81. The molecule has 36 heavy (non-hydrogen) atoms. The number of aryl methyl sites for hydroxylation is 1. The van der Waals surface area contributed by atoms with Gasteiger partial charge in [-0.15, -0.1) is 0 Å². The largest absolute Gasteiger partial charge is 0.482 e. The molecule has 7 nitrogen and oxygen atoms in total. The van der Waals surface area contributed by atoms with Crippen molar-refractivity contribution < 1.29 is 24.2 Å². The number of rotatable bonds is 9. The number of benzene rings is 2. The summed E-state index contributed by atoms with van der Waals surface area (Å²) in [6, 6.07) is 22.9. The summed E-state index contributed by atoms with van der Waals surface area (Å²) in [6.07, 6.45) is 4.08. The quantitative estimate of drug-likeness (QED) is 0.345. The third-order valence-corrected chi connectivity index (χ3v) is 6.16. The Bertz CT molecular complexity index is 1360. The number of ether oxygens (including phenoxy) is 1. The Morgan fingerprint density at radius 1 is 1.00 bits per heavy atom. The van der Waals surface area contributed by atoms with Crippen molar-refractivity contribution in [3.63, 3.8) is 0 Å². The smallest absolute Gasteiger partial charge is 0.341 e. The molecule has 0 spiro atoms. The highest BCUT2D eigenvalue weighted by Crippen LogP contribution is 2.44. The molecule has 7 heteroatoms. The molecule has 2 aromatic carbocycles. The van der Waals surface area contributed by atoms with Crippen LogP contribution in [0.25, 0.3) is 11.1 Å². The summed E-state index contributed by atoms with van der Waals surface area (Å²) >= 11 is 0. The van der Waals surface area contributed by atoms with Gasteiger partial charge in [0.15, 0.2) is 6.61 Å². The normalized spacial score (nSPS) is 12.5. The molecule has 1 amide bonds. The predicted molar refractivity (Wildman–Crippen MR) is 136 cm³/mol. The maximum Gasteiger partial charge on any atom is 0.341 e. The van der Waals surface area contributed by atoms with Crippen LogP contribution < -0.4 is 10.5 Å². The number of nitrogens with two attached hydrogens (primary N) is 1. The first-order valence-electron chi connectivity index (χ1n) is 11.7. The van der Waals surface area contributed by atoms with Gasteiger partial charge in [-0.3, -0.25) is 9.59 Å². The number of carboxylic acids is 1. The van der Waals surface area contributed by atoms with Crippen LogP contribution in [0.5, 0.6) is 5.75 Å². The van der Waals surface area contributed by atoms with E-state index in [4.69, 9.17) is 15.6 Å². The lowest BCUT2D eigenvalue weighted by Crippen LogP contribution is -2.24. The fourth-order valence-corrected chi connectivity index (χ4v) is 4.33. The van der Waals surface area contributed by atoms with Crippen molar-refractivity contribution in [3.05, 3.63) is 101 Å². The van der Waals surface area contributed by atoms with Gasteiger partial charge in [-0.2, -0.15) is 0 Å². The van der Waals surface area contributed by atoms with E-state index in [9.17, 15) is 14.4 Å². The Labute approximate surface area is 209 Å².